The maximum absolute atomic E-state index is 13.1. The molecular formula is C22H23FN4O2. The van der Waals surface area contributed by atoms with Gasteiger partial charge in [-0.25, -0.2) is 4.39 Å². The highest BCUT2D eigenvalue weighted by atomic mass is 19.1. The first-order valence-corrected chi connectivity index (χ1v) is 9.63. The number of H-pyrrole nitrogens is 1. The van der Waals surface area contributed by atoms with E-state index in [-0.39, 0.29) is 11.7 Å². The van der Waals surface area contributed by atoms with Gasteiger partial charge in [-0.05, 0) is 60.5 Å². The van der Waals surface area contributed by atoms with Crippen molar-refractivity contribution in [1.29, 1.82) is 0 Å². The number of carbonyl (C=O) groups excluding carboxylic acids is 1. The molecule has 0 spiro atoms. The van der Waals surface area contributed by atoms with E-state index in [1.165, 1.54) is 12.1 Å². The molecule has 3 aromatic rings. The number of hydrogen-bond donors (Lipinski definition) is 1. The molecule has 1 N–H and O–H groups in total. The molecule has 0 aliphatic carbocycles. The number of benzene rings is 2. The Morgan fingerprint density at radius 1 is 1.03 bits per heavy atom. The van der Waals surface area contributed by atoms with Crippen LogP contribution in [0.25, 0.3) is 11.3 Å². The molecular weight excluding hydrogens is 371 g/mol. The monoisotopic (exact) mass is 394 g/mol. The molecule has 1 aliphatic heterocycles. The molecule has 1 saturated heterocycles. The average molecular weight is 394 g/mol. The van der Waals surface area contributed by atoms with Crippen molar-refractivity contribution in [2.75, 3.05) is 38.2 Å². The number of nitrogens with one attached hydrogen (secondary N) is 1. The van der Waals surface area contributed by atoms with Crippen LogP contribution in [0, 0.1) is 5.82 Å². The fraction of sp³-hybridized carbons (Fsp3) is 0.273. The van der Waals surface area contributed by atoms with Gasteiger partial charge in [0, 0.05) is 37.8 Å². The van der Waals surface area contributed by atoms with Crippen LogP contribution in [0.1, 0.15) is 16.8 Å². The minimum absolute atomic E-state index is 0.0310. The lowest BCUT2D eigenvalue weighted by atomic mass is 10.1. The molecule has 1 fully saturated rings. The smallest absolute Gasteiger partial charge is 0.253 e. The summed E-state index contributed by atoms with van der Waals surface area (Å²) in [6, 6.07) is 15.5. The highest BCUT2D eigenvalue weighted by molar-refractivity contribution is 5.94. The Kier molecular flexibility index (Phi) is 5.46. The van der Waals surface area contributed by atoms with Gasteiger partial charge in [0.05, 0.1) is 12.8 Å². The number of rotatable bonds is 4. The molecule has 0 unspecified atom stereocenters. The highest BCUT2D eigenvalue weighted by Gasteiger charge is 2.21. The van der Waals surface area contributed by atoms with Crippen molar-refractivity contribution in [3.63, 3.8) is 0 Å². The fourth-order valence-electron chi connectivity index (χ4n) is 3.52. The van der Waals surface area contributed by atoms with E-state index in [9.17, 15) is 9.18 Å². The third-order valence-electron chi connectivity index (χ3n) is 5.16. The van der Waals surface area contributed by atoms with E-state index in [4.69, 9.17) is 4.74 Å². The predicted octanol–water partition coefficient (Wildman–Crippen LogP) is 3.58. The summed E-state index contributed by atoms with van der Waals surface area (Å²) in [5.41, 5.74) is 2.39. The Morgan fingerprint density at radius 3 is 2.52 bits per heavy atom. The van der Waals surface area contributed by atoms with Crippen LogP contribution < -0.4 is 9.64 Å². The topological polar surface area (TPSA) is 61.5 Å². The number of anilines is 1. The molecule has 1 aliphatic rings. The second-order valence-corrected chi connectivity index (χ2v) is 7.01. The summed E-state index contributed by atoms with van der Waals surface area (Å²) in [6.07, 6.45) is 0.862. The predicted molar refractivity (Wildman–Crippen MR) is 110 cm³/mol. The Balaban J connectivity index is 1.42. The van der Waals surface area contributed by atoms with Crippen molar-refractivity contribution < 1.29 is 13.9 Å². The molecule has 6 nitrogen and oxygen atoms in total. The molecule has 2 heterocycles. The molecule has 7 heteroatoms. The highest BCUT2D eigenvalue weighted by Crippen LogP contribution is 2.23. The Labute approximate surface area is 168 Å². The van der Waals surface area contributed by atoms with Crippen molar-refractivity contribution >= 4 is 11.7 Å². The van der Waals surface area contributed by atoms with Crippen molar-refractivity contribution in [3.05, 3.63) is 66.0 Å². The van der Waals surface area contributed by atoms with Crippen LogP contribution in [-0.4, -0.2) is 54.3 Å². The Morgan fingerprint density at radius 2 is 1.79 bits per heavy atom. The van der Waals surface area contributed by atoms with Crippen LogP contribution in [0.5, 0.6) is 5.75 Å². The maximum atomic E-state index is 13.1. The van der Waals surface area contributed by atoms with Gasteiger partial charge in [0.15, 0.2) is 5.82 Å². The molecule has 1 amide bonds. The van der Waals surface area contributed by atoms with Crippen LogP contribution in [-0.2, 0) is 0 Å². The van der Waals surface area contributed by atoms with Gasteiger partial charge < -0.3 is 14.5 Å². The summed E-state index contributed by atoms with van der Waals surface area (Å²) < 4.78 is 18.3. The third kappa shape index (κ3) is 4.23. The number of halogens is 1. The first kappa shape index (κ1) is 19.0. The van der Waals surface area contributed by atoms with E-state index in [0.717, 1.165) is 35.8 Å². The van der Waals surface area contributed by atoms with E-state index in [2.05, 4.69) is 15.1 Å². The summed E-state index contributed by atoms with van der Waals surface area (Å²) in [7, 11) is 1.61. The van der Waals surface area contributed by atoms with Gasteiger partial charge in [-0.3, -0.25) is 9.89 Å². The minimum Gasteiger partial charge on any atom is -0.497 e. The summed E-state index contributed by atoms with van der Waals surface area (Å²) in [5, 5.41) is 7.44. The molecule has 29 heavy (non-hydrogen) atoms. The zero-order valence-electron chi connectivity index (χ0n) is 16.3. The molecule has 0 bridgehead atoms. The zero-order valence-corrected chi connectivity index (χ0v) is 16.3. The second kappa shape index (κ2) is 8.34. The number of aromatic amines is 1. The standard InChI is InChI=1S/C22H23FN4O2/c1-29-19-9-5-17(6-10-19)22(28)27-12-2-11-26(13-14-27)21-15-20(24-25-21)16-3-7-18(23)8-4-16/h3-10,15H,2,11-14H2,1H3,(H,24,25). The minimum atomic E-state index is -0.261. The van der Waals surface area contributed by atoms with Gasteiger partial charge in [-0.1, -0.05) is 0 Å². The lowest BCUT2D eigenvalue weighted by Crippen LogP contribution is -2.35. The second-order valence-electron chi connectivity index (χ2n) is 7.01. The summed E-state index contributed by atoms with van der Waals surface area (Å²) in [5.74, 6) is 1.34. The Hall–Kier alpha value is -3.35. The maximum Gasteiger partial charge on any atom is 0.253 e. The van der Waals surface area contributed by atoms with Gasteiger partial charge in [-0.2, -0.15) is 5.10 Å². The summed E-state index contributed by atoms with van der Waals surface area (Å²) in [6.45, 7) is 2.86. The van der Waals surface area contributed by atoms with Crippen LogP contribution >= 0.6 is 0 Å². The number of methoxy groups -OCH3 is 1. The summed E-state index contributed by atoms with van der Waals surface area (Å²) in [4.78, 5) is 16.9. The van der Waals surface area contributed by atoms with Gasteiger partial charge in [-0.15, -0.1) is 0 Å². The normalized spacial score (nSPS) is 14.6. The molecule has 150 valence electrons. The van der Waals surface area contributed by atoms with Crippen LogP contribution in [0.2, 0.25) is 0 Å². The van der Waals surface area contributed by atoms with E-state index >= 15 is 0 Å². The van der Waals surface area contributed by atoms with Crippen molar-refractivity contribution in [1.82, 2.24) is 15.1 Å². The summed E-state index contributed by atoms with van der Waals surface area (Å²) >= 11 is 0. The van der Waals surface area contributed by atoms with Gasteiger partial charge in [0.2, 0.25) is 0 Å². The quantitative estimate of drug-likeness (QED) is 0.735. The van der Waals surface area contributed by atoms with E-state index in [1.807, 2.05) is 11.0 Å². The lowest BCUT2D eigenvalue weighted by Gasteiger charge is -2.22. The fourth-order valence-corrected chi connectivity index (χ4v) is 3.52. The third-order valence-corrected chi connectivity index (χ3v) is 5.16. The Bertz CT molecular complexity index is 969. The molecule has 2 aromatic carbocycles. The van der Waals surface area contributed by atoms with Crippen LogP contribution in [0.15, 0.2) is 54.6 Å². The van der Waals surface area contributed by atoms with Crippen LogP contribution in [0.3, 0.4) is 0 Å². The van der Waals surface area contributed by atoms with E-state index in [0.29, 0.717) is 25.2 Å². The number of nitrogens with zero attached hydrogens (tertiary/aromatic N) is 3. The molecule has 4 rings (SSSR count). The first-order chi connectivity index (χ1) is 14.1. The molecule has 0 saturated carbocycles. The number of aromatic nitrogens is 2. The molecule has 0 radical (unpaired) electrons. The average Bonchev–Trinajstić information content (AvgIpc) is 3.12. The molecule has 0 atom stereocenters. The SMILES string of the molecule is COc1ccc(C(=O)N2CCCN(c3cc(-c4ccc(F)cc4)[nH]n3)CC2)cc1. The number of amides is 1. The first-order valence-electron chi connectivity index (χ1n) is 9.63. The van der Waals surface area contributed by atoms with E-state index in [1.54, 1.807) is 43.5 Å². The van der Waals surface area contributed by atoms with Crippen LogP contribution in [0.4, 0.5) is 10.2 Å². The zero-order chi connectivity index (χ0) is 20.2. The van der Waals surface area contributed by atoms with Gasteiger partial charge in [0.25, 0.3) is 5.91 Å². The molecule has 1 aromatic heterocycles. The largest absolute Gasteiger partial charge is 0.497 e. The van der Waals surface area contributed by atoms with Crippen molar-refractivity contribution in [2.24, 2.45) is 0 Å². The van der Waals surface area contributed by atoms with Gasteiger partial charge in [0.1, 0.15) is 11.6 Å². The van der Waals surface area contributed by atoms with Gasteiger partial charge >= 0.3 is 0 Å². The van der Waals surface area contributed by atoms with Crippen molar-refractivity contribution in [2.45, 2.75) is 6.42 Å². The number of ether oxygens (including phenoxy) is 1. The number of carbonyl (C=O) groups is 1. The van der Waals surface area contributed by atoms with E-state index < -0.39 is 0 Å². The lowest BCUT2D eigenvalue weighted by molar-refractivity contribution is 0.0767. The number of hydrogen-bond acceptors (Lipinski definition) is 4. The van der Waals surface area contributed by atoms with Crippen molar-refractivity contribution in [3.8, 4) is 17.0 Å².